The summed E-state index contributed by atoms with van der Waals surface area (Å²) in [4.78, 5) is 8.51. The van der Waals surface area contributed by atoms with E-state index in [0.29, 0.717) is 24.4 Å². The lowest BCUT2D eigenvalue weighted by molar-refractivity contribution is 0.322. The molecule has 0 bridgehead atoms. The van der Waals surface area contributed by atoms with Crippen LogP contribution in [0, 0.1) is 12.8 Å². The molecule has 0 saturated heterocycles. The van der Waals surface area contributed by atoms with Gasteiger partial charge in [-0.15, -0.1) is 0 Å². The van der Waals surface area contributed by atoms with Gasteiger partial charge in [-0.1, -0.05) is 13.8 Å². The quantitative estimate of drug-likeness (QED) is 0.821. The number of nitrogens with one attached hydrogen (secondary N) is 1. The molecule has 17 heavy (non-hydrogen) atoms. The summed E-state index contributed by atoms with van der Waals surface area (Å²) in [6.45, 7) is 9.04. The lowest BCUT2D eigenvalue weighted by atomic mass is 9.98. The fraction of sp³-hybridized carbons (Fsp3) is 0.692. The summed E-state index contributed by atoms with van der Waals surface area (Å²) < 4.78 is 5.48. The van der Waals surface area contributed by atoms with Crippen LogP contribution in [0.1, 0.15) is 32.0 Å². The van der Waals surface area contributed by atoms with E-state index in [1.807, 2.05) is 20.9 Å². The molecule has 0 aliphatic heterocycles. The van der Waals surface area contributed by atoms with Gasteiger partial charge in [0.15, 0.2) is 0 Å². The molecule has 0 saturated carbocycles. The van der Waals surface area contributed by atoms with Gasteiger partial charge in [-0.05, 0) is 26.8 Å². The number of likely N-dealkylation sites (N-methyl/N-ethyl adjacent to an activating group) is 1. The van der Waals surface area contributed by atoms with Gasteiger partial charge in [0, 0.05) is 18.0 Å². The summed E-state index contributed by atoms with van der Waals surface area (Å²) in [6, 6.07) is 0.429. The molecule has 0 aliphatic carbocycles. The minimum absolute atomic E-state index is 0.429. The molecule has 0 fully saturated rings. The van der Waals surface area contributed by atoms with Crippen molar-refractivity contribution in [2.45, 2.75) is 40.2 Å². The van der Waals surface area contributed by atoms with Crippen molar-refractivity contribution >= 4 is 0 Å². The van der Waals surface area contributed by atoms with Crippen LogP contribution in [0.25, 0.3) is 0 Å². The molecule has 0 spiro atoms. The molecule has 4 heteroatoms. The standard InChI is InChI=1S/C13H23N3O/c1-6-17-13-10(4)12(15-8-16-13)7-11(14-5)9(2)3/h8-9,11,14H,6-7H2,1-5H3. The Morgan fingerprint density at radius 3 is 2.59 bits per heavy atom. The Morgan fingerprint density at radius 1 is 1.35 bits per heavy atom. The Morgan fingerprint density at radius 2 is 2.06 bits per heavy atom. The van der Waals surface area contributed by atoms with E-state index in [0.717, 1.165) is 17.7 Å². The molecule has 1 rings (SSSR count). The Hall–Kier alpha value is -1.16. The number of aromatic nitrogens is 2. The van der Waals surface area contributed by atoms with E-state index in [9.17, 15) is 0 Å². The van der Waals surface area contributed by atoms with Crippen LogP contribution in [0.2, 0.25) is 0 Å². The van der Waals surface area contributed by atoms with Crippen molar-refractivity contribution in [3.8, 4) is 5.88 Å². The van der Waals surface area contributed by atoms with Gasteiger partial charge in [-0.3, -0.25) is 0 Å². The number of hydrogen-bond donors (Lipinski definition) is 1. The summed E-state index contributed by atoms with van der Waals surface area (Å²) >= 11 is 0. The summed E-state index contributed by atoms with van der Waals surface area (Å²) in [7, 11) is 1.99. The van der Waals surface area contributed by atoms with Crippen molar-refractivity contribution < 1.29 is 4.74 Å². The largest absolute Gasteiger partial charge is 0.478 e. The lowest BCUT2D eigenvalue weighted by Gasteiger charge is -2.20. The molecule has 1 aromatic heterocycles. The smallest absolute Gasteiger partial charge is 0.219 e. The van der Waals surface area contributed by atoms with Crippen molar-refractivity contribution in [2.24, 2.45) is 5.92 Å². The summed E-state index contributed by atoms with van der Waals surface area (Å²) in [5.74, 6) is 1.28. The normalized spacial score (nSPS) is 12.8. The molecule has 1 N–H and O–H groups in total. The molecule has 1 heterocycles. The Kier molecular flexibility index (Phi) is 5.35. The molecule has 96 valence electrons. The van der Waals surface area contributed by atoms with E-state index in [4.69, 9.17) is 4.74 Å². The minimum atomic E-state index is 0.429. The lowest BCUT2D eigenvalue weighted by Crippen LogP contribution is -2.33. The zero-order chi connectivity index (χ0) is 12.8. The van der Waals surface area contributed by atoms with E-state index in [2.05, 4.69) is 29.1 Å². The second kappa shape index (κ2) is 6.55. The van der Waals surface area contributed by atoms with Crippen molar-refractivity contribution in [3.63, 3.8) is 0 Å². The zero-order valence-electron chi connectivity index (χ0n) is 11.4. The minimum Gasteiger partial charge on any atom is -0.478 e. The Labute approximate surface area is 104 Å². The van der Waals surface area contributed by atoms with Crippen LogP contribution >= 0.6 is 0 Å². The summed E-state index contributed by atoms with van der Waals surface area (Å²) in [6.07, 6.45) is 2.49. The number of nitrogens with zero attached hydrogens (tertiary/aromatic N) is 2. The first kappa shape index (κ1) is 13.9. The molecule has 0 amide bonds. The molecule has 0 radical (unpaired) electrons. The third kappa shape index (κ3) is 3.66. The third-order valence-electron chi connectivity index (χ3n) is 3.01. The maximum absolute atomic E-state index is 5.48. The third-order valence-corrected chi connectivity index (χ3v) is 3.01. The van der Waals surface area contributed by atoms with E-state index in [-0.39, 0.29) is 0 Å². The van der Waals surface area contributed by atoms with Gasteiger partial charge in [0.2, 0.25) is 5.88 Å². The van der Waals surface area contributed by atoms with E-state index >= 15 is 0 Å². The van der Waals surface area contributed by atoms with Crippen molar-refractivity contribution in [1.82, 2.24) is 15.3 Å². The van der Waals surface area contributed by atoms with Crippen LogP contribution in [0.5, 0.6) is 5.88 Å². The van der Waals surface area contributed by atoms with E-state index < -0.39 is 0 Å². The fourth-order valence-electron chi connectivity index (χ4n) is 1.84. The van der Waals surface area contributed by atoms with Crippen LogP contribution in [0.15, 0.2) is 6.33 Å². The average molecular weight is 237 g/mol. The van der Waals surface area contributed by atoms with Gasteiger partial charge in [-0.2, -0.15) is 0 Å². The highest BCUT2D eigenvalue weighted by Crippen LogP contribution is 2.19. The van der Waals surface area contributed by atoms with Gasteiger partial charge >= 0.3 is 0 Å². The maximum Gasteiger partial charge on any atom is 0.219 e. The predicted octanol–water partition coefficient (Wildman–Crippen LogP) is 1.97. The van der Waals surface area contributed by atoms with Crippen LogP contribution in [-0.4, -0.2) is 29.7 Å². The summed E-state index contributed by atoms with van der Waals surface area (Å²) in [5, 5.41) is 3.33. The Balaban J connectivity index is 2.87. The molecular weight excluding hydrogens is 214 g/mol. The highest BCUT2D eigenvalue weighted by atomic mass is 16.5. The predicted molar refractivity (Wildman–Crippen MR) is 69.3 cm³/mol. The van der Waals surface area contributed by atoms with Crippen molar-refractivity contribution in [2.75, 3.05) is 13.7 Å². The highest BCUT2D eigenvalue weighted by Gasteiger charge is 2.15. The second-order valence-corrected chi connectivity index (χ2v) is 4.53. The maximum atomic E-state index is 5.48. The van der Waals surface area contributed by atoms with Crippen LogP contribution < -0.4 is 10.1 Å². The molecule has 0 aliphatic rings. The van der Waals surface area contributed by atoms with Gasteiger partial charge in [0.05, 0.1) is 12.3 Å². The van der Waals surface area contributed by atoms with Gasteiger partial charge in [0.25, 0.3) is 0 Å². The zero-order valence-corrected chi connectivity index (χ0v) is 11.4. The van der Waals surface area contributed by atoms with Gasteiger partial charge in [-0.25, -0.2) is 9.97 Å². The fourth-order valence-corrected chi connectivity index (χ4v) is 1.84. The van der Waals surface area contributed by atoms with Gasteiger partial charge < -0.3 is 10.1 Å². The first-order valence-electron chi connectivity index (χ1n) is 6.20. The van der Waals surface area contributed by atoms with E-state index in [1.54, 1.807) is 6.33 Å². The first-order chi connectivity index (χ1) is 8.10. The molecule has 0 aromatic carbocycles. The number of ether oxygens (including phenoxy) is 1. The monoisotopic (exact) mass is 237 g/mol. The van der Waals surface area contributed by atoms with Crippen LogP contribution in [0.4, 0.5) is 0 Å². The Bertz CT molecular complexity index is 353. The van der Waals surface area contributed by atoms with Crippen LogP contribution in [-0.2, 0) is 6.42 Å². The topological polar surface area (TPSA) is 47.0 Å². The highest BCUT2D eigenvalue weighted by molar-refractivity contribution is 5.28. The number of hydrogen-bond acceptors (Lipinski definition) is 4. The molecular formula is C13H23N3O. The number of rotatable bonds is 6. The first-order valence-corrected chi connectivity index (χ1v) is 6.20. The van der Waals surface area contributed by atoms with Gasteiger partial charge in [0.1, 0.15) is 6.33 Å². The van der Waals surface area contributed by atoms with Crippen LogP contribution in [0.3, 0.4) is 0 Å². The molecule has 4 nitrogen and oxygen atoms in total. The molecule has 1 atom stereocenters. The molecule has 1 unspecified atom stereocenters. The van der Waals surface area contributed by atoms with Crippen molar-refractivity contribution in [1.29, 1.82) is 0 Å². The second-order valence-electron chi connectivity index (χ2n) is 4.53. The SMILES string of the molecule is CCOc1ncnc(CC(NC)C(C)C)c1C. The summed E-state index contributed by atoms with van der Waals surface area (Å²) in [5.41, 5.74) is 2.12. The van der Waals surface area contributed by atoms with Crippen molar-refractivity contribution in [3.05, 3.63) is 17.6 Å². The average Bonchev–Trinajstić information content (AvgIpc) is 2.30. The van der Waals surface area contributed by atoms with E-state index in [1.165, 1.54) is 0 Å². The molecule has 1 aromatic rings.